The van der Waals surface area contributed by atoms with Crippen LogP contribution in [0.25, 0.3) is 0 Å². The quantitative estimate of drug-likeness (QED) is 0.463. The summed E-state index contributed by atoms with van der Waals surface area (Å²) in [5.41, 5.74) is -0.731. The van der Waals surface area contributed by atoms with Crippen molar-refractivity contribution in [2.45, 2.75) is 58.8 Å². The van der Waals surface area contributed by atoms with Gasteiger partial charge >= 0.3 is 12.2 Å². The first-order valence-electron chi connectivity index (χ1n) is 9.14. The third kappa shape index (κ3) is 10.5. The molecule has 0 bridgehead atoms. The Balaban J connectivity index is 2.83. The van der Waals surface area contributed by atoms with Crippen molar-refractivity contribution in [2.75, 3.05) is 13.1 Å². The van der Waals surface area contributed by atoms with Crippen LogP contribution in [0.3, 0.4) is 0 Å². The van der Waals surface area contributed by atoms with Gasteiger partial charge in [-0.25, -0.2) is 14.0 Å². The lowest BCUT2D eigenvalue weighted by Crippen LogP contribution is -2.70. The number of nitrogens with one attached hydrogen (secondary N) is 2. The summed E-state index contributed by atoms with van der Waals surface area (Å²) in [5.74, 6) is -0.605. The van der Waals surface area contributed by atoms with E-state index in [0.717, 1.165) is 12.1 Å². The number of carbonyl (C=O) groups is 2. The van der Waals surface area contributed by atoms with E-state index in [1.54, 1.807) is 41.5 Å². The van der Waals surface area contributed by atoms with Crippen LogP contribution >= 0.6 is 0 Å². The molecule has 9 nitrogen and oxygen atoms in total. The van der Waals surface area contributed by atoms with Crippen LogP contribution in [0.15, 0.2) is 18.2 Å². The van der Waals surface area contributed by atoms with Crippen LogP contribution < -0.4 is 20.9 Å². The number of halogens is 1. The smallest absolute Gasteiger partial charge is 0.407 e. The molecule has 0 aliphatic rings. The van der Waals surface area contributed by atoms with E-state index in [1.165, 1.54) is 6.07 Å². The summed E-state index contributed by atoms with van der Waals surface area (Å²) < 4.78 is 29.5. The first-order chi connectivity index (χ1) is 13.3. The van der Waals surface area contributed by atoms with E-state index >= 15 is 0 Å². The Bertz CT molecular complexity index is 668. The topological polar surface area (TPSA) is 126 Å². The zero-order valence-corrected chi connectivity index (χ0v) is 17.6. The summed E-state index contributed by atoms with van der Waals surface area (Å²) in [6.07, 6.45) is -2.19. The Kier molecular flexibility index (Phi) is 8.65. The number of benzene rings is 1. The Morgan fingerprint density at radius 3 is 1.93 bits per heavy atom. The average molecular weight is 415 g/mol. The monoisotopic (exact) mass is 415 g/mol. The van der Waals surface area contributed by atoms with E-state index < -0.39 is 35.3 Å². The summed E-state index contributed by atoms with van der Waals surface area (Å²) in [6.45, 7) is 10.2. The molecule has 0 fully saturated rings. The number of quaternary nitrogens is 1. The SMILES string of the molecule is CC(C)(C)OC(=O)NCC(CNC(=O)OC(C)(C)C)Oc1cc(F)ccc1[NH2+][O-]. The molecule has 4 N–H and O–H groups in total. The van der Waals surface area contributed by atoms with Crippen molar-refractivity contribution in [3.8, 4) is 5.75 Å². The minimum atomic E-state index is -0.824. The lowest BCUT2D eigenvalue weighted by molar-refractivity contribution is -0.498. The summed E-state index contributed by atoms with van der Waals surface area (Å²) >= 11 is 0. The molecular formula is C19H30FN3O6. The normalized spacial score (nSPS) is 11.8. The summed E-state index contributed by atoms with van der Waals surface area (Å²) in [4.78, 5) is 23.8. The summed E-state index contributed by atoms with van der Waals surface area (Å²) in [7, 11) is 0. The fourth-order valence-corrected chi connectivity index (χ4v) is 2.07. The molecule has 1 aromatic rings. The van der Waals surface area contributed by atoms with Gasteiger partial charge in [-0.3, -0.25) is 0 Å². The largest absolute Gasteiger partial charge is 0.630 e. The molecule has 0 unspecified atom stereocenters. The Morgan fingerprint density at radius 2 is 1.52 bits per heavy atom. The fourth-order valence-electron chi connectivity index (χ4n) is 2.07. The van der Waals surface area contributed by atoms with E-state index in [4.69, 9.17) is 14.2 Å². The lowest BCUT2D eigenvalue weighted by Gasteiger charge is -2.24. The van der Waals surface area contributed by atoms with Crippen molar-refractivity contribution in [3.05, 3.63) is 29.2 Å². The number of rotatable bonds is 7. The highest BCUT2D eigenvalue weighted by molar-refractivity contribution is 5.68. The molecule has 0 aliphatic heterocycles. The molecule has 1 rings (SSSR count). The second-order valence-electron chi connectivity index (χ2n) is 8.31. The zero-order chi connectivity index (χ0) is 22.2. The minimum Gasteiger partial charge on any atom is -0.630 e. The first-order valence-corrected chi connectivity index (χ1v) is 9.14. The molecule has 0 aromatic heterocycles. The third-order valence-corrected chi connectivity index (χ3v) is 3.14. The van der Waals surface area contributed by atoms with Crippen LogP contribution in [0, 0.1) is 11.0 Å². The number of amides is 2. The first kappa shape index (κ1) is 24.4. The van der Waals surface area contributed by atoms with Crippen molar-refractivity contribution in [3.63, 3.8) is 0 Å². The van der Waals surface area contributed by atoms with E-state index in [9.17, 15) is 19.2 Å². The van der Waals surface area contributed by atoms with Crippen LogP contribution in [0.5, 0.6) is 5.75 Å². The van der Waals surface area contributed by atoms with Crippen molar-refractivity contribution < 1.29 is 33.7 Å². The molecule has 0 saturated carbocycles. The van der Waals surface area contributed by atoms with Gasteiger partial charge in [0.05, 0.1) is 13.1 Å². The van der Waals surface area contributed by atoms with E-state index in [0.29, 0.717) is 5.48 Å². The second kappa shape index (κ2) is 10.3. The molecule has 29 heavy (non-hydrogen) atoms. The van der Waals surface area contributed by atoms with Gasteiger partial charge in [0, 0.05) is 12.1 Å². The van der Waals surface area contributed by atoms with Gasteiger partial charge in [0.1, 0.15) is 23.1 Å². The van der Waals surface area contributed by atoms with Crippen molar-refractivity contribution in [2.24, 2.45) is 0 Å². The average Bonchev–Trinajstić information content (AvgIpc) is 2.54. The number of nitrogens with two attached hydrogens (primary N) is 1. The highest BCUT2D eigenvalue weighted by atomic mass is 19.1. The minimum absolute atomic E-state index is 0.0121. The Labute approximate surface area is 169 Å². The maximum absolute atomic E-state index is 13.6. The van der Waals surface area contributed by atoms with E-state index in [1.807, 2.05) is 0 Å². The number of carbonyl (C=O) groups excluding carboxylic acids is 2. The van der Waals surface area contributed by atoms with Crippen LogP contribution in [-0.4, -0.2) is 42.6 Å². The summed E-state index contributed by atoms with van der Waals surface area (Å²) in [6, 6.07) is 3.46. The molecular weight excluding hydrogens is 385 g/mol. The Morgan fingerprint density at radius 1 is 1.03 bits per heavy atom. The second-order valence-corrected chi connectivity index (χ2v) is 8.31. The van der Waals surface area contributed by atoms with E-state index in [2.05, 4.69) is 10.6 Å². The maximum atomic E-state index is 13.6. The third-order valence-electron chi connectivity index (χ3n) is 3.14. The van der Waals surface area contributed by atoms with Gasteiger partial charge in [-0.2, -0.15) is 0 Å². The molecule has 0 saturated heterocycles. The molecule has 0 heterocycles. The number of hydrogen-bond donors (Lipinski definition) is 3. The number of alkyl carbamates (subject to hydrolysis) is 2. The van der Waals surface area contributed by atoms with Gasteiger partial charge in [-0.1, -0.05) is 0 Å². The molecule has 164 valence electrons. The lowest BCUT2D eigenvalue weighted by atomic mass is 10.2. The van der Waals surface area contributed by atoms with Gasteiger partial charge in [0.2, 0.25) is 0 Å². The predicted octanol–water partition coefficient (Wildman–Crippen LogP) is 2.32. The van der Waals surface area contributed by atoms with Crippen molar-refractivity contribution >= 4 is 17.9 Å². The molecule has 0 aliphatic carbocycles. The van der Waals surface area contributed by atoms with Crippen LogP contribution in [0.2, 0.25) is 0 Å². The fraction of sp³-hybridized carbons (Fsp3) is 0.579. The van der Waals surface area contributed by atoms with Gasteiger partial charge in [0.25, 0.3) is 0 Å². The van der Waals surface area contributed by atoms with Gasteiger partial charge in [0.15, 0.2) is 11.4 Å². The van der Waals surface area contributed by atoms with Crippen LogP contribution in [0.4, 0.5) is 19.7 Å². The Hall–Kier alpha value is -2.59. The van der Waals surface area contributed by atoms with Gasteiger partial charge in [-0.15, -0.1) is 0 Å². The standard InChI is InChI=1S/C19H30FN3O6/c1-18(2,3)28-16(24)21-10-13(11-22-17(25)29-19(4,5)6)27-15-9-12(20)7-8-14(15)23-26/h7-9,13H,10-11,23H2,1-6H3,(H,21,24)(H,22,25). The molecule has 10 heteroatoms. The van der Waals surface area contributed by atoms with E-state index in [-0.39, 0.29) is 24.5 Å². The molecule has 0 spiro atoms. The van der Waals surface area contributed by atoms with Crippen molar-refractivity contribution in [1.82, 2.24) is 10.6 Å². The number of hydrogen-bond acceptors (Lipinski definition) is 6. The highest BCUT2D eigenvalue weighted by Crippen LogP contribution is 2.22. The van der Waals surface area contributed by atoms with Crippen LogP contribution in [-0.2, 0) is 9.47 Å². The number of ether oxygens (including phenoxy) is 3. The molecule has 0 radical (unpaired) electrons. The molecule has 0 atom stereocenters. The van der Waals surface area contributed by atoms with Gasteiger partial charge < -0.3 is 35.5 Å². The molecule has 1 aromatic carbocycles. The van der Waals surface area contributed by atoms with Crippen LogP contribution in [0.1, 0.15) is 41.5 Å². The zero-order valence-electron chi connectivity index (χ0n) is 17.6. The summed E-state index contributed by atoms with van der Waals surface area (Å²) in [5, 5.41) is 16.2. The maximum Gasteiger partial charge on any atom is 0.407 e. The van der Waals surface area contributed by atoms with Crippen molar-refractivity contribution in [1.29, 1.82) is 0 Å². The molecule has 2 amide bonds. The predicted molar refractivity (Wildman–Crippen MR) is 104 cm³/mol. The highest BCUT2D eigenvalue weighted by Gasteiger charge is 2.22. The van der Waals surface area contributed by atoms with Gasteiger partial charge in [-0.05, 0) is 47.6 Å².